The normalized spacial score (nSPS) is 10.1. The van der Waals surface area contributed by atoms with Crippen molar-refractivity contribution in [3.63, 3.8) is 0 Å². The number of hydrogen-bond acceptors (Lipinski definition) is 4. The van der Waals surface area contributed by atoms with Crippen LogP contribution in [0.3, 0.4) is 0 Å². The molecule has 0 aliphatic rings. The monoisotopic (exact) mass is 381 g/mol. The highest BCUT2D eigenvalue weighted by Gasteiger charge is 2.17. The number of ether oxygens (including phenoxy) is 2. The zero-order valence-corrected chi connectivity index (χ0v) is 12.1. The van der Waals surface area contributed by atoms with Crippen LogP contribution in [0.4, 0.5) is 8.78 Å². The standard InChI is InChI=1S/C12H10F2INO3/c1-2-18-11(17)4-7-3-8(15)5-10(9(7)6-16)19-12(13)14/h3,5,12H,2,4H2,1H3. The van der Waals surface area contributed by atoms with Crippen molar-refractivity contribution >= 4 is 28.6 Å². The molecule has 0 unspecified atom stereocenters. The summed E-state index contributed by atoms with van der Waals surface area (Å²) in [4.78, 5) is 11.4. The molecule has 0 atom stereocenters. The summed E-state index contributed by atoms with van der Waals surface area (Å²) in [7, 11) is 0. The number of nitrogens with zero attached hydrogens (tertiary/aromatic N) is 1. The van der Waals surface area contributed by atoms with Gasteiger partial charge in [0.2, 0.25) is 0 Å². The largest absolute Gasteiger partial charge is 0.466 e. The molecule has 0 bridgehead atoms. The van der Waals surface area contributed by atoms with Crippen LogP contribution in [0.1, 0.15) is 18.1 Å². The fourth-order valence-electron chi connectivity index (χ4n) is 1.46. The third kappa shape index (κ3) is 4.63. The molecule has 0 aromatic heterocycles. The zero-order chi connectivity index (χ0) is 14.4. The van der Waals surface area contributed by atoms with Gasteiger partial charge >= 0.3 is 12.6 Å². The number of rotatable bonds is 5. The second-order valence-electron chi connectivity index (χ2n) is 3.41. The maximum atomic E-state index is 12.3. The van der Waals surface area contributed by atoms with Gasteiger partial charge in [-0.1, -0.05) is 0 Å². The molecule has 0 saturated heterocycles. The average molecular weight is 381 g/mol. The van der Waals surface area contributed by atoms with Crippen LogP contribution in [0.25, 0.3) is 0 Å². The van der Waals surface area contributed by atoms with Crippen molar-refractivity contribution in [2.45, 2.75) is 20.0 Å². The maximum Gasteiger partial charge on any atom is 0.387 e. The van der Waals surface area contributed by atoms with E-state index in [0.29, 0.717) is 9.13 Å². The first-order valence-corrected chi connectivity index (χ1v) is 6.38. The van der Waals surface area contributed by atoms with E-state index in [-0.39, 0.29) is 24.3 Å². The van der Waals surface area contributed by atoms with Crippen LogP contribution in [0, 0.1) is 14.9 Å². The van der Waals surface area contributed by atoms with Crippen LogP contribution in [0.2, 0.25) is 0 Å². The molecule has 1 aromatic rings. The molecule has 102 valence electrons. The van der Waals surface area contributed by atoms with Gasteiger partial charge in [0.25, 0.3) is 0 Å². The van der Waals surface area contributed by atoms with E-state index < -0.39 is 12.6 Å². The van der Waals surface area contributed by atoms with Crippen LogP contribution in [-0.2, 0) is 16.0 Å². The quantitative estimate of drug-likeness (QED) is 0.582. The summed E-state index contributed by atoms with van der Waals surface area (Å²) in [6.07, 6.45) is -0.160. The van der Waals surface area contributed by atoms with E-state index in [1.807, 2.05) is 22.6 Å². The number of esters is 1. The topological polar surface area (TPSA) is 59.3 Å². The van der Waals surface area contributed by atoms with E-state index in [9.17, 15) is 13.6 Å². The van der Waals surface area contributed by atoms with Crippen molar-refractivity contribution in [1.82, 2.24) is 0 Å². The summed E-state index contributed by atoms with van der Waals surface area (Å²) in [5.41, 5.74) is 0.234. The van der Waals surface area contributed by atoms with Gasteiger partial charge in [-0.15, -0.1) is 0 Å². The van der Waals surface area contributed by atoms with Gasteiger partial charge in [-0.2, -0.15) is 14.0 Å². The van der Waals surface area contributed by atoms with E-state index >= 15 is 0 Å². The van der Waals surface area contributed by atoms with Gasteiger partial charge < -0.3 is 9.47 Å². The molecule has 0 radical (unpaired) electrons. The van der Waals surface area contributed by atoms with Gasteiger partial charge in [0.15, 0.2) is 0 Å². The molecular formula is C12H10F2INO3. The molecule has 1 aromatic carbocycles. The molecule has 0 aliphatic carbocycles. The smallest absolute Gasteiger partial charge is 0.387 e. The van der Waals surface area contributed by atoms with E-state index in [4.69, 9.17) is 10.00 Å². The van der Waals surface area contributed by atoms with Crippen LogP contribution in [-0.4, -0.2) is 19.2 Å². The first kappa shape index (κ1) is 15.6. The fraction of sp³-hybridized carbons (Fsp3) is 0.333. The number of carbonyl (C=O) groups excluding carboxylic acids is 1. The Labute approximate surface area is 122 Å². The molecule has 0 spiro atoms. The van der Waals surface area contributed by atoms with Crippen LogP contribution < -0.4 is 4.74 Å². The van der Waals surface area contributed by atoms with Crippen molar-refractivity contribution in [3.05, 3.63) is 26.8 Å². The van der Waals surface area contributed by atoms with Gasteiger partial charge in [0.05, 0.1) is 18.6 Å². The Morgan fingerprint density at radius 3 is 2.74 bits per heavy atom. The first-order valence-electron chi connectivity index (χ1n) is 5.30. The van der Waals surface area contributed by atoms with E-state index in [0.717, 1.165) is 0 Å². The third-order valence-corrected chi connectivity index (χ3v) is 2.74. The Kier molecular flexibility index (Phi) is 5.95. The Hall–Kier alpha value is -1.43. The van der Waals surface area contributed by atoms with E-state index in [2.05, 4.69) is 4.74 Å². The summed E-state index contributed by atoms with van der Waals surface area (Å²) in [5.74, 6) is -0.757. The van der Waals surface area contributed by atoms with Crippen molar-refractivity contribution in [2.24, 2.45) is 0 Å². The van der Waals surface area contributed by atoms with Crippen LogP contribution in [0.5, 0.6) is 5.75 Å². The van der Waals surface area contributed by atoms with Crippen LogP contribution >= 0.6 is 22.6 Å². The van der Waals surface area contributed by atoms with E-state index in [1.54, 1.807) is 19.1 Å². The molecule has 7 heteroatoms. The Morgan fingerprint density at radius 2 is 2.21 bits per heavy atom. The minimum atomic E-state index is -3.03. The minimum Gasteiger partial charge on any atom is -0.466 e. The molecule has 19 heavy (non-hydrogen) atoms. The number of carbonyl (C=O) groups is 1. The Morgan fingerprint density at radius 1 is 1.53 bits per heavy atom. The van der Waals surface area contributed by atoms with Crippen molar-refractivity contribution in [3.8, 4) is 11.8 Å². The second kappa shape index (κ2) is 7.23. The van der Waals surface area contributed by atoms with Gasteiger partial charge in [-0.25, -0.2) is 0 Å². The SMILES string of the molecule is CCOC(=O)Cc1cc(I)cc(OC(F)F)c1C#N. The Balaban J connectivity index is 3.13. The molecule has 1 rings (SSSR count). The highest BCUT2D eigenvalue weighted by atomic mass is 127. The molecule has 0 N–H and O–H groups in total. The number of benzene rings is 1. The van der Waals surface area contributed by atoms with Crippen molar-refractivity contribution in [1.29, 1.82) is 5.26 Å². The predicted octanol–water partition coefficient (Wildman–Crippen LogP) is 2.87. The predicted molar refractivity (Wildman–Crippen MR) is 70.8 cm³/mol. The van der Waals surface area contributed by atoms with Gasteiger partial charge in [0, 0.05) is 3.57 Å². The Bertz CT molecular complexity index is 514. The summed E-state index contributed by atoms with van der Waals surface area (Å²) < 4.78 is 34.2. The molecule has 0 heterocycles. The fourth-order valence-corrected chi connectivity index (χ4v) is 2.12. The second-order valence-corrected chi connectivity index (χ2v) is 4.66. The van der Waals surface area contributed by atoms with Crippen molar-refractivity contribution < 1.29 is 23.0 Å². The average Bonchev–Trinajstić information content (AvgIpc) is 2.27. The molecule has 0 fully saturated rings. The third-order valence-electron chi connectivity index (χ3n) is 2.12. The number of alkyl halides is 2. The highest BCUT2D eigenvalue weighted by Crippen LogP contribution is 2.27. The lowest BCUT2D eigenvalue weighted by atomic mass is 10.0. The number of hydrogen-bond donors (Lipinski definition) is 0. The summed E-state index contributed by atoms with van der Waals surface area (Å²) in [6, 6.07) is 4.66. The molecule has 0 saturated carbocycles. The van der Waals surface area contributed by atoms with Gasteiger partial charge in [-0.05, 0) is 47.2 Å². The lowest BCUT2D eigenvalue weighted by molar-refractivity contribution is -0.142. The van der Waals surface area contributed by atoms with E-state index in [1.165, 1.54) is 6.07 Å². The summed E-state index contributed by atoms with van der Waals surface area (Å²) in [6.45, 7) is -1.16. The lowest BCUT2D eigenvalue weighted by Crippen LogP contribution is -2.11. The number of nitriles is 1. The summed E-state index contributed by atoms with van der Waals surface area (Å²) >= 11 is 1.89. The molecule has 0 amide bonds. The van der Waals surface area contributed by atoms with Crippen molar-refractivity contribution in [2.75, 3.05) is 6.61 Å². The molecular weight excluding hydrogens is 371 g/mol. The van der Waals surface area contributed by atoms with Gasteiger partial charge in [-0.3, -0.25) is 4.79 Å². The lowest BCUT2D eigenvalue weighted by Gasteiger charge is -2.11. The minimum absolute atomic E-state index is 0.0752. The van der Waals surface area contributed by atoms with Crippen LogP contribution in [0.15, 0.2) is 12.1 Å². The first-order chi connectivity index (χ1) is 8.97. The molecule has 4 nitrogen and oxygen atoms in total. The number of halogens is 3. The van der Waals surface area contributed by atoms with Gasteiger partial charge in [0.1, 0.15) is 11.8 Å². The zero-order valence-electron chi connectivity index (χ0n) is 9.95. The maximum absolute atomic E-state index is 12.3. The molecule has 0 aliphatic heterocycles. The highest BCUT2D eigenvalue weighted by molar-refractivity contribution is 14.1. The summed E-state index contributed by atoms with van der Waals surface area (Å²) in [5, 5.41) is 9.02.